The molecule has 1 aliphatic heterocycles. The fourth-order valence-corrected chi connectivity index (χ4v) is 1.81. The summed E-state index contributed by atoms with van der Waals surface area (Å²) in [5, 5.41) is 12.9. The maximum absolute atomic E-state index is 11.7. The molecule has 5 nitrogen and oxygen atoms in total. The molecule has 0 spiro atoms. The summed E-state index contributed by atoms with van der Waals surface area (Å²) in [5.74, 6) is -0.0291. The van der Waals surface area contributed by atoms with Crippen LogP contribution >= 0.6 is 0 Å². The highest BCUT2D eigenvalue weighted by Gasteiger charge is 2.31. The Balaban J connectivity index is 2.36. The summed E-state index contributed by atoms with van der Waals surface area (Å²) in [7, 11) is 0. The quantitative estimate of drug-likeness (QED) is 0.636. The van der Waals surface area contributed by atoms with Crippen molar-refractivity contribution in [1.82, 2.24) is 5.32 Å². The minimum Gasteiger partial charge on any atom is -0.388 e. The molecular weight excluding hydrogens is 220 g/mol. The molecule has 17 heavy (non-hydrogen) atoms. The van der Waals surface area contributed by atoms with Crippen molar-refractivity contribution in [2.24, 2.45) is 11.7 Å². The first kappa shape index (κ1) is 14.4. The lowest BCUT2D eigenvalue weighted by atomic mass is 9.93. The predicted octanol–water partition coefficient (Wildman–Crippen LogP) is 0.0175. The molecule has 0 bridgehead atoms. The van der Waals surface area contributed by atoms with Crippen LogP contribution in [-0.4, -0.2) is 42.4 Å². The number of nitrogens with two attached hydrogens (primary N) is 1. The topological polar surface area (TPSA) is 84.6 Å². The van der Waals surface area contributed by atoms with Crippen LogP contribution in [0.25, 0.3) is 0 Å². The molecule has 1 aliphatic rings. The number of ether oxygens (including phenoxy) is 1. The molecule has 4 N–H and O–H groups in total. The van der Waals surface area contributed by atoms with Gasteiger partial charge in [0.15, 0.2) is 0 Å². The number of hydrogen-bond donors (Lipinski definition) is 3. The minimum atomic E-state index is -0.830. The summed E-state index contributed by atoms with van der Waals surface area (Å²) in [6, 6.07) is -0.497. The first-order chi connectivity index (χ1) is 7.98. The zero-order valence-corrected chi connectivity index (χ0v) is 10.7. The van der Waals surface area contributed by atoms with Gasteiger partial charge in [-0.2, -0.15) is 0 Å². The standard InChI is InChI=1S/C12H24N2O3/c1-3-9(2)10(13)11(15)14-8-12(16)4-6-17-7-5-12/h9-10,16H,3-8,13H2,1-2H3,(H,14,15)/t9?,10-/m0/s1. The number of nitrogens with one attached hydrogen (secondary N) is 1. The maximum Gasteiger partial charge on any atom is 0.237 e. The Morgan fingerprint density at radius 1 is 1.53 bits per heavy atom. The van der Waals surface area contributed by atoms with E-state index < -0.39 is 11.6 Å². The van der Waals surface area contributed by atoms with Crippen LogP contribution in [0.1, 0.15) is 33.1 Å². The third-order valence-electron chi connectivity index (χ3n) is 3.57. The number of rotatable bonds is 5. The minimum absolute atomic E-state index is 0.152. The number of hydrogen-bond acceptors (Lipinski definition) is 4. The first-order valence-electron chi connectivity index (χ1n) is 6.32. The lowest BCUT2D eigenvalue weighted by Crippen LogP contribution is -2.51. The average Bonchev–Trinajstić information content (AvgIpc) is 2.35. The molecule has 0 aliphatic carbocycles. The van der Waals surface area contributed by atoms with Crippen molar-refractivity contribution in [3.8, 4) is 0 Å². The Morgan fingerprint density at radius 3 is 2.65 bits per heavy atom. The number of aliphatic hydroxyl groups is 1. The molecule has 2 atom stereocenters. The van der Waals surface area contributed by atoms with Crippen molar-refractivity contribution < 1.29 is 14.6 Å². The highest BCUT2D eigenvalue weighted by molar-refractivity contribution is 5.81. The Bertz CT molecular complexity index is 252. The lowest BCUT2D eigenvalue weighted by Gasteiger charge is -2.32. The van der Waals surface area contributed by atoms with Gasteiger partial charge in [-0.25, -0.2) is 0 Å². The highest BCUT2D eigenvalue weighted by atomic mass is 16.5. The van der Waals surface area contributed by atoms with E-state index in [-0.39, 0.29) is 18.4 Å². The monoisotopic (exact) mass is 244 g/mol. The lowest BCUT2D eigenvalue weighted by molar-refractivity contribution is -0.126. The summed E-state index contributed by atoms with van der Waals surface area (Å²) >= 11 is 0. The van der Waals surface area contributed by atoms with Gasteiger partial charge < -0.3 is 20.9 Å². The van der Waals surface area contributed by atoms with Crippen molar-refractivity contribution in [1.29, 1.82) is 0 Å². The second-order valence-electron chi connectivity index (χ2n) is 4.97. The SMILES string of the molecule is CCC(C)[C@H](N)C(=O)NCC1(O)CCOCC1. The molecule has 0 aromatic carbocycles. The molecular formula is C12H24N2O3. The predicted molar refractivity (Wildman–Crippen MR) is 65.4 cm³/mol. The molecule has 0 aromatic heterocycles. The number of carbonyl (C=O) groups is 1. The smallest absolute Gasteiger partial charge is 0.237 e. The third kappa shape index (κ3) is 4.26. The molecule has 1 saturated heterocycles. The van der Waals surface area contributed by atoms with E-state index in [0.29, 0.717) is 26.1 Å². The van der Waals surface area contributed by atoms with Crippen LogP contribution < -0.4 is 11.1 Å². The number of carbonyl (C=O) groups excluding carboxylic acids is 1. The second-order valence-corrected chi connectivity index (χ2v) is 4.97. The van der Waals surface area contributed by atoms with E-state index in [0.717, 1.165) is 6.42 Å². The summed E-state index contributed by atoms with van der Waals surface area (Å²) in [5.41, 5.74) is 4.98. The van der Waals surface area contributed by atoms with Crippen molar-refractivity contribution >= 4 is 5.91 Å². The van der Waals surface area contributed by atoms with Gasteiger partial charge in [-0.05, 0) is 5.92 Å². The van der Waals surface area contributed by atoms with E-state index >= 15 is 0 Å². The average molecular weight is 244 g/mol. The van der Waals surface area contributed by atoms with Crippen LogP contribution in [0.5, 0.6) is 0 Å². The van der Waals surface area contributed by atoms with Gasteiger partial charge in [-0.3, -0.25) is 4.79 Å². The van der Waals surface area contributed by atoms with Crippen LogP contribution in [0.4, 0.5) is 0 Å². The van der Waals surface area contributed by atoms with Crippen LogP contribution in [-0.2, 0) is 9.53 Å². The van der Waals surface area contributed by atoms with E-state index in [1.807, 2.05) is 13.8 Å². The van der Waals surface area contributed by atoms with Crippen molar-refractivity contribution in [2.45, 2.75) is 44.8 Å². The largest absolute Gasteiger partial charge is 0.388 e. The van der Waals surface area contributed by atoms with Crippen LogP contribution in [0.15, 0.2) is 0 Å². The van der Waals surface area contributed by atoms with Gasteiger partial charge >= 0.3 is 0 Å². The summed E-state index contributed by atoms with van der Waals surface area (Å²) in [6.45, 7) is 5.31. The fraction of sp³-hybridized carbons (Fsp3) is 0.917. The molecule has 100 valence electrons. The molecule has 0 saturated carbocycles. The van der Waals surface area contributed by atoms with Gasteiger partial charge in [0, 0.05) is 32.6 Å². The second kappa shape index (κ2) is 6.33. The Labute approximate surface area is 103 Å². The van der Waals surface area contributed by atoms with Gasteiger partial charge in [-0.1, -0.05) is 20.3 Å². The first-order valence-corrected chi connectivity index (χ1v) is 6.32. The van der Waals surface area contributed by atoms with Gasteiger partial charge in [0.1, 0.15) is 0 Å². The van der Waals surface area contributed by atoms with Gasteiger partial charge in [-0.15, -0.1) is 0 Å². The Hall–Kier alpha value is -0.650. The molecule has 1 amide bonds. The van der Waals surface area contributed by atoms with E-state index in [1.54, 1.807) is 0 Å². The highest BCUT2D eigenvalue weighted by Crippen LogP contribution is 2.19. The van der Waals surface area contributed by atoms with Crippen LogP contribution in [0.2, 0.25) is 0 Å². The van der Waals surface area contributed by atoms with Crippen LogP contribution in [0.3, 0.4) is 0 Å². The van der Waals surface area contributed by atoms with E-state index in [1.165, 1.54) is 0 Å². The summed E-state index contributed by atoms with van der Waals surface area (Å²) in [4.78, 5) is 11.7. The van der Waals surface area contributed by atoms with Crippen molar-refractivity contribution in [2.75, 3.05) is 19.8 Å². The molecule has 5 heteroatoms. The molecule has 1 rings (SSSR count). The van der Waals surface area contributed by atoms with Crippen molar-refractivity contribution in [3.05, 3.63) is 0 Å². The molecule has 1 unspecified atom stereocenters. The molecule has 0 aromatic rings. The summed E-state index contributed by atoms with van der Waals surface area (Å²) < 4.78 is 5.18. The van der Waals surface area contributed by atoms with E-state index in [4.69, 9.17) is 10.5 Å². The Kier molecular flexibility index (Phi) is 5.36. The fourth-order valence-electron chi connectivity index (χ4n) is 1.81. The molecule has 1 heterocycles. The Morgan fingerprint density at radius 2 is 2.12 bits per heavy atom. The van der Waals surface area contributed by atoms with Crippen molar-refractivity contribution in [3.63, 3.8) is 0 Å². The third-order valence-corrected chi connectivity index (χ3v) is 3.57. The van der Waals surface area contributed by atoms with Gasteiger partial charge in [0.25, 0.3) is 0 Å². The maximum atomic E-state index is 11.7. The van der Waals surface area contributed by atoms with Crippen LogP contribution in [0, 0.1) is 5.92 Å². The normalized spacial score (nSPS) is 22.8. The number of amides is 1. The van der Waals surface area contributed by atoms with E-state index in [2.05, 4.69) is 5.32 Å². The molecule has 1 fully saturated rings. The zero-order valence-electron chi connectivity index (χ0n) is 10.7. The van der Waals surface area contributed by atoms with E-state index in [9.17, 15) is 9.90 Å². The summed E-state index contributed by atoms with van der Waals surface area (Å²) in [6.07, 6.45) is 1.99. The zero-order chi connectivity index (χ0) is 12.9. The van der Waals surface area contributed by atoms with Gasteiger partial charge in [0.2, 0.25) is 5.91 Å². The van der Waals surface area contributed by atoms with Gasteiger partial charge in [0.05, 0.1) is 11.6 Å². The molecule has 0 radical (unpaired) electrons.